The van der Waals surface area contributed by atoms with E-state index < -0.39 is 23.6 Å². The van der Waals surface area contributed by atoms with E-state index in [1.54, 1.807) is 0 Å². The van der Waals surface area contributed by atoms with Gasteiger partial charge in [-0.3, -0.25) is 9.59 Å². The molecule has 0 unspecified atom stereocenters. The van der Waals surface area contributed by atoms with Crippen LogP contribution in [-0.2, 0) is 15.8 Å². The first-order valence-corrected chi connectivity index (χ1v) is 10.3. The highest BCUT2D eigenvalue weighted by Crippen LogP contribution is 2.36. The van der Waals surface area contributed by atoms with Crippen molar-refractivity contribution in [2.24, 2.45) is 0 Å². The molecule has 0 spiro atoms. The number of nitrogens with one attached hydrogen (secondary N) is 2. The van der Waals surface area contributed by atoms with Gasteiger partial charge in [-0.05, 0) is 30.7 Å². The SMILES string of the molecule is Cc1ccc([C@H]2CC(=O)NC(SCC(=O)Nc3cccc(C(F)(F)F)c3)=C2C#N)cc1. The van der Waals surface area contributed by atoms with Crippen LogP contribution in [0.3, 0.4) is 0 Å². The van der Waals surface area contributed by atoms with Gasteiger partial charge in [0, 0.05) is 18.0 Å². The molecule has 2 N–H and O–H groups in total. The summed E-state index contributed by atoms with van der Waals surface area (Å²) in [5.41, 5.74) is 1.37. The van der Waals surface area contributed by atoms with Crippen LogP contribution in [0.5, 0.6) is 0 Å². The predicted molar refractivity (Wildman–Crippen MR) is 112 cm³/mol. The minimum Gasteiger partial charge on any atom is -0.325 e. The van der Waals surface area contributed by atoms with Crippen molar-refractivity contribution < 1.29 is 22.8 Å². The third-order valence-electron chi connectivity index (χ3n) is 4.66. The number of thioether (sulfide) groups is 1. The van der Waals surface area contributed by atoms with E-state index in [9.17, 15) is 28.0 Å². The van der Waals surface area contributed by atoms with Gasteiger partial charge in [0.25, 0.3) is 0 Å². The van der Waals surface area contributed by atoms with Crippen molar-refractivity contribution in [2.45, 2.75) is 25.4 Å². The van der Waals surface area contributed by atoms with Crippen molar-refractivity contribution in [1.29, 1.82) is 5.26 Å². The van der Waals surface area contributed by atoms with Crippen molar-refractivity contribution in [3.05, 3.63) is 75.8 Å². The lowest BCUT2D eigenvalue weighted by molar-refractivity contribution is -0.137. The number of amides is 2. The maximum absolute atomic E-state index is 12.8. The maximum Gasteiger partial charge on any atom is 0.416 e. The quantitative estimate of drug-likeness (QED) is 0.698. The second-order valence-electron chi connectivity index (χ2n) is 6.99. The summed E-state index contributed by atoms with van der Waals surface area (Å²) < 4.78 is 38.5. The third-order valence-corrected chi connectivity index (χ3v) is 5.67. The Kier molecular flexibility index (Phi) is 6.71. The summed E-state index contributed by atoms with van der Waals surface area (Å²) in [6.07, 6.45) is -4.40. The highest BCUT2D eigenvalue weighted by Gasteiger charge is 2.31. The van der Waals surface area contributed by atoms with E-state index in [0.717, 1.165) is 35.0 Å². The Labute approximate surface area is 181 Å². The molecular weight excluding hydrogens is 427 g/mol. The maximum atomic E-state index is 12.8. The van der Waals surface area contributed by atoms with Gasteiger partial charge in [0.1, 0.15) is 0 Å². The van der Waals surface area contributed by atoms with Crippen LogP contribution in [0, 0.1) is 18.3 Å². The molecule has 0 aliphatic carbocycles. The van der Waals surface area contributed by atoms with Gasteiger partial charge in [-0.15, -0.1) is 0 Å². The van der Waals surface area contributed by atoms with Crippen LogP contribution >= 0.6 is 11.8 Å². The van der Waals surface area contributed by atoms with Crippen LogP contribution in [0.4, 0.5) is 18.9 Å². The molecule has 3 rings (SSSR count). The van der Waals surface area contributed by atoms with Gasteiger partial charge in [0.15, 0.2) is 0 Å². The van der Waals surface area contributed by atoms with Gasteiger partial charge in [-0.25, -0.2) is 0 Å². The number of rotatable bonds is 5. The first-order valence-electron chi connectivity index (χ1n) is 9.28. The predicted octanol–water partition coefficient (Wildman–Crippen LogP) is 4.72. The Hall–Kier alpha value is -3.25. The molecule has 1 atom stereocenters. The van der Waals surface area contributed by atoms with E-state index >= 15 is 0 Å². The topological polar surface area (TPSA) is 82.0 Å². The summed E-state index contributed by atoms with van der Waals surface area (Å²) in [6.45, 7) is 1.93. The lowest BCUT2D eigenvalue weighted by Gasteiger charge is -2.25. The summed E-state index contributed by atoms with van der Waals surface area (Å²) in [7, 11) is 0. The zero-order valence-corrected chi connectivity index (χ0v) is 17.2. The van der Waals surface area contributed by atoms with Crippen molar-refractivity contribution in [2.75, 3.05) is 11.1 Å². The lowest BCUT2D eigenvalue weighted by Crippen LogP contribution is -2.31. The largest absolute Gasteiger partial charge is 0.416 e. The molecule has 0 aromatic heterocycles. The molecule has 0 saturated heterocycles. The molecule has 2 amide bonds. The van der Waals surface area contributed by atoms with Gasteiger partial charge in [0.05, 0.1) is 28.0 Å². The van der Waals surface area contributed by atoms with Gasteiger partial charge in [-0.2, -0.15) is 18.4 Å². The molecule has 31 heavy (non-hydrogen) atoms. The van der Waals surface area contributed by atoms with Crippen LogP contribution in [0.2, 0.25) is 0 Å². The van der Waals surface area contributed by atoms with Crippen molar-refractivity contribution in [3.63, 3.8) is 0 Å². The molecule has 160 valence electrons. The molecule has 2 aromatic rings. The summed E-state index contributed by atoms with van der Waals surface area (Å²) in [6, 6.07) is 14.0. The molecule has 0 saturated carbocycles. The standard InChI is InChI=1S/C22H18F3N3O2S/c1-13-5-7-14(8-6-13)17-10-19(29)28-21(18(17)11-26)31-12-20(30)27-16-4-2-3-15(9-16)22(23,24)25/h2-9,17H,10,12H2,1H3,(H,27,30)(H,28,29)/t17-/m1/s1. The van der Waals surface area contributed by atoms with Gasteiger partial charge in [0.2, 0.25) is 11.8 Å². The molecule has 2 aromatic carbocycles. The lowest BCUT2D eigenvalue weighted by atomic mass is 9.87. The minimum atomic E-state index is -4.51. The van der Waals surface area contributed by atoms with E-state index in [1.807, 2.05) is 31.2 Å². The van der Waals surface area contributed by atoms with Gasteiger partial charge < -0.3 is 10.6 Å². The fourth-order valence-electron chi connectivity index (χ4n) is 3.12. The molecule has 5 nitrogen and oxygen atoms in total. The summed E-state index contributed by atoms with van der Waals surface area (Å²) in [5, 5.41) is 15.0. The number of carbonyl (C=O) groups is 2. The number of aryl methyl sites for hydroxylation is 1. The number of anilines is 1. The van der Waals surface area contributed by atoms with Crippen LogP contribution in [-0.4, -0.2) is 17.6 Å². The summed E-state index contributed by atoms with van der Waals surface area (Å²) in [5.74, 6) is -1.43. The molecule has 0 fully saturated rings. The van der Waals surface area contributed by atoms with Gasteiger partial charge in [-0.1, -0.05) is 47.7 Å². The molecule has 1 aliphatic rings. The Bertz CT molecular complexity index is 1070. The molecule has 0 bridgehead atoms. The Morgan fingerprint density at radius 2 is 1.97 bits per heavy atom. The van der Waals surface area contributed by atoms with Crippen molar-refractivity contribution >= 4 is 29.3 Å². The fraction of sp³-hybridized carbons (Fsp3) is 0.227. The van der Waals surface area contributed by atoms with E-state index in [-0.39, 0.29) is 28.8 Å². The highest BCUT2D eigenvalue weighted by atomic mass is 32.2. The fourth-order valence-corrected chi connectivity index (χ4v) is 4.00. The number of nitrogens with zero attached hydrogens (tertiary/aromatic N) is 1. The van der Waals surface area contributed by atoms with E-state index in [0.29, 0.717) is 5.57 Å². The zero-order chi connectivity index (χ0) is 22.6. The number of hydrogen-bond acceptors (Lipinski definition) is 4. The average molecular weight is 445 g/mol. The van der Waals surface area contributed by atoms with E-state index in [2.05, 4.69) is 16.7 Å². The first-order chi connectivity index (χ1) is 14.7. The number of benzene rings is 2. The second kappa shape index (κ2) is 9.27. The first kappa shape index (κ1) is 22.4. The minimum absolute atomic E-state index is 0.0140. The van der Waals surface area contributed by atoms with E-state index in [1.165, 1.54) is 12.1 Å². The summed E-state index contributed by atoms with van der Waals surface area (Å²) in [4.78, 5) is 24.4. The Morgan fingerprint density at radius 1 is 1.26 bits per heavy atom. The molecule has 1 heterocycles. The monoisotopic (exact) mass is 445 g/mol. The molecule has 1 aliphatic heterocycles. The van der Waals surface area contributed by atoms with Gasteiger partial charge >= 0.3 is 6.18 Å². The number of carbonyl (C=O) groups excluding carboxylic acids is 2. The smallest absolute Gasteiger partial charge is 0.325 e. The molecular formula is C22H18F3N3O2S. The van der Waals surface area contributed by atoms with Crippen LogP contribution < -0.4 is 10.6 Å². The highest BCUT2D eigenvalue weighted by molar-refractivity contribution is 8.03. The average Bonchev–Trinajstić information content (AvgIpc) is 2.72. The number of halogens is 3. The van der Waals surface area contributed by atoms with E-state index in [4.69, 9.17) is 0 Å². The van der Waals surface area contributed by atoms with Crippen molar-refractivity contribution in [3.8, 4) is 6.07 Å². The summed E-state index contributed by atoms with van der Waals surface area (Å²) >= 11 is 0.963. The number of allylic oxidation sites excluding steroid dienone is 1. The molecule has 9 heteroatoms. The number of alkyl halides is 3. The normalized spacial score (nSPS) is 16.5. The second-order valence-corrected chi connectivity index (χ2v) is 7.97. The zero-order valence-electron chi connectivity index (χ0n) is 16.4. The Morgan fingerprint density at radius 3 is 2.61 bits per heavy atom. The van der Waals surface area contributed by atoms with Crippen molar-refractivity contribution in [1.82, 2.24) is 5.32 Å². The number of nitriles is 1. The molecule has 0 radical (unpaired) electrons. The number of hydrogen-bond donors (Lipinski definition) is 2. The van der Waals surface area contributed by atoms with Crippen LogP contribution in [0.1, 0.15) is 29.0 Å². The third kappa shape index (κ3) is 5.67. The van der Waals surface area contributed by atoms with Crippen LogP contribution in [0.15, 0.2) is 59.1 Å². The van der Waals surface area contributed by atoms with Crippen LogP contribution in [0.25, 0.3) is 0 Å². The Balaban J connectivity index is 1.73.